The highest BCUT2D eigenvalue weighted by Crippen LogP contribution is 2.15. The van der Waals surface area contributed by atoms with Crippen molar-refractivity contribution < 1.29 is 9.53 Å². The van der Waals surface area contributed by atoms with Crippen LogP contribution >= 0.6 is 0 Å². The molecular weight excluding hydrogens is 408 g/mol. The Morgan fingerprint density at radius 3 is 2.56 bits per heavy atom. The van der Waals surface area contributed by atoms with E-state index in [0.29, 0.717) is 35.2 Å². The largest absolute Gasteiger partial charge is 0.497 e. The van der Waals surface area contributed by atoms with Crippen LogP contribution in [0, 0.1) is 6.92 Å². The molecule has 0 aliphatic rings. The smallest absolute Gasteiger partial charge is 0.277 e. The summed E-state index contributed by atoms with van der Waals surface area (Å²) in [4.78, 5) is 34.1. The van der Waals surface area contributed by atoms with E-state index in [4.69, 9.17) is 4.74 Å². The Labute approximate surface area is 184 Å². The number of aromatic nitrogens is 4. The summed E-state index contributed by atoms with van der Waals surface area (Å²) in [6.07, 6.45) is 0.428. The van der Waals surface area contributed by atoms with E-state index in [2.05, 4.69) is 25.7 Å². The molecule has 0 bridgehead atoms. The molecule has 9 heteroatoms. The van der Waals surface area contributed by atoms with E-state index in [-0.39, 0.29) is 30.1 Å². The van der Waals surface area contributed by atoms with Crippen molar-refractivity contribution in [2.45, 2.75) is 26.3 Å². The van der Waals surface area contributed by atoms with Crippen molar-refractivity contribution in [3.8, 4) is 5.75 Å². The molecule has 4 rings (SSSR count). The lowest BCUT2D eigenvalue weighted by atomic mass is 10.1. The number of hydrogen-bond acceptors (Lipinski definition) is 6. The van der Waals surface area contributed by atoms with Gasteiger partial charge in [0, 0.05) is 24.2 Å². The SMILES string of the molecule is COc1ccc(NC(=O)CCc2c(C)nc3nc(NCc4ccccc4)[nH]n3c2=O)cc1. The van der Waals surface area contributed by atoms with Crippen LogP contribution in [-0.4, -0.2) is 32.6 Å². The number of anilines is 2. The van der Waals surface area contributed by atoms with E-state index in [1.54, 1.807) is 38.3 Å². The van der Waals surface area contributed by atoms with Gasteiger partial charge in [0.25, 0.3) is 11.3 Å². The summed E-state index contributed by atoms with van der Waals surface area (Å²) >= 11 is 0. The molecule has 0 spiro atoms. The minimum Gasteiger partial charge on any atom is -0.497 e. The number of rotatable bonds is 8. The number of methoxy groups -OCH3 is 1. The molecule has 0 atom stereocenters. The Morgan fingerprint density at radius 2 is 1.84 bits per heavy atom. The van der Waals surface area contributed by atoms with E-state index in [9.17, 15) is 9.59 Å². The van der Waals surface area contributed by atoms with Gasteiger partial charge in [-0.25, -0.2) is 4.98 Å². The van der Waals surface area contributed by atoms with Gasteiger partial charge >= 0.3 is 0 Å². The van der Waals surface area contributed by atoms with E-state index in [1.165, 1.54) is 4.52 Å². The third-order valence-electron chi connectivity index (χ3n) is 5.07. The first-order valence-electron chi connectivity index (χ1n) is 10.2. The number of carbonyl (C=O) groups excluding carboxylic acids is 1. The van der Waals surface area contributed by atoms with Gasteiger partial charge in [-0.15, -0.1) is 0 Å². The average molecular weight is 432 g/mol. The Hall–Kier alpha value is -4.14. The Morgan fingerprint density at radius 1 is 1.09 bits per heavy atom. The monoisotopic (exact) mass is 432 g/mol. The lowest BCUT2D eigenvalue weighted by Gasteiger charge is -2.07. The zero-order chi connectivity index (χ0) is 22.5. The van der Waals surface area contributed by atoms with E-state index in [0.717, 1.165) is 5.56 Å². The first-order valence-corrected chi connectivity index (χ1v) is 10.2. The molecule has 0 aliphatic carbocycles. The van der Waals surface area contributed by atoms with Gasteiger partial charge in [0.15, 0.2) is 0 Å². The highest BCUT2D eigenvalue weighted by Gasteiger charge is 2.15. The van der Waals surface area contributed by atoms with Gasteiger partial charge in [-0.3, -0.25) is 14.7 Å². The number of ether oxygens (including phenoxy) is 1. The first kappa shape index (κ1) is 21.1. The van der Waals surface area contributed by atoms with Gasteiger partial charge in [-0.2, -0.15) is 9.50 Å². The van der Waals surface area contributed by atoms with Crippen molar-refractivity contribution in [1.29, 1.82) is 0 Å². The predicted octanol–water partition coefficient (Wildman–Crippen LogP) is 2.92. The lowest BCUT2D eigenvalue weighted by Crippen LogP contribution is -2.23. The van der Waals surface area contributed by atoms with Crippen LogP contribution < -0.4 is 20.9 Å². The van der Waals surface area contributed by atoms with Crippen LogP contribution in [0.4, 0.5) is 11.6 Å². The molecule has 9 nitrogen and oxygen atoms in total. The van der Waals surface area contributed by atoms with Crippen LogP contribution in [0.3, 0.4) is 0 Å². The van der Waals surface area contributed by atoms with Crippen molar-refractivity contribution in [1.82, 2.24) is 19.6 Å². The molecule has 32 heavy (non-hydrogen) atoms. The molecule has 2 aromatic carbocycles. The Kier molecular flexibility index (Phi) is 6.16. The third kappa shape index (κ3) is 4.77. The minimum atomic E-state index is -0.259. The summed E-state index contributed by atoms with van der Waals surface area (Å²) in [6.45, 7) is 2.32. The molecule has 0 saturated heterocycles. The number of nitrogens with one attached hydrogen (secondary N) is 3. The third-order valence-corrected chi connectivity index (χ3v) is 5.07. The van der Waals surface area contributed by atoms with Gasteiger partial charge in [0.1, 0.15) is 5.75 Å². The quantitative estimate of drug-likeness (QED) is 0.395. The number of aromatic amines is 1. The molecule has 0 radical (unpaired) electrons. The van der Waals surface area contributed by atoms with Crippen LogP contribution in [0.5, 0.6) is 5.75 Å². The standard InChI is InChI=1S/C23H24N6O3/c1-15-19(12-13-20(30)26-17-8-10-18(32-2)11-9-17)21(31)29-23(25-15)27-22(28-29)24-14-16-6-4-3-5-7-16/h3-11H,12-14H2,1-2H3,(H,26,30)(H2,24,25,27,28). The van der Waals surface area contributed by atoms with Gasteiger partial charge in [0.05, 0.1) is 12.8 Å². The second kappa shape index (κ2) is 9.34. The van der Waals surface area contributed by atoms with Crippen molar-refractivity contribution in [3.63, 3.8) is 0 Å². The highest BCUT2D eigenvalue weighted by atomic mass is 16.5. The summed E-state index contributed by atoms with van der Waals surface area (Å²) in [7, 11) is 1.58. The molecule has 4 aromatic rings. The number of amides is 1. The summed E-state index contributed by atoms with van der Waals surface area (Å²) in [5.74, 6) is 1.26. The number of nitrogens with zero attached hydrogens (tertiary/aromatic N) is 3. The topological polar surface area (TPSA) is 113 Å². The predicted molar refractivity (Wildman–Crippen MR) is 122 cm³/mol. The second-order valence-corrected chi connectivity index (χ2v) is 7.30. The molecule has 2 heterocycles. The zero-order valence-corrected chi connectivity index (χ0v) is 17.9. The molecular formula is C23H24N6O3. The van der Waals surface area contributed by atoms with Crippen molar-refractivity contribution in [3.05, 3.63) is 81.8 Å². The molecule has 0 fully saturated rings. The summed E-state index contributed by atoms with van der Waals surface area (Å²) in [5, 5.41) is 8.93. The molecule has 0 saturated carbocycles. The Balaban J connectivity index is 1.44. The van der Waals surface area contributed by atoms with Crippen molar-refractivity contribution in [2.75, 3.05) is 17.7 Å². The second-order valence-electron chi connectivity index (χ2n) is 7.30. The summed E-state index contributed by atoms with van der Waals surface area (Å²) < 4.78 is 6.41. The van der Waals surface area contributed by atoms with Crippen LogP contribution in [-0.2, 0) is 17.8 Å². The molecule has 0 unspecified atom stereocenters. The molecule has 0 aliphatic heterocycles. The zero-order valence-electron chi connectivity index (χ0n) is 17.9. The number of H-pyrrole nitrogens is 1. The van der Waals surface area contributed by atoms with E-state index < -0.39 is 0 Å². The van der Waals surface area contributed by atoms with Crippen LogP contribution in [0.15, 0.2) is 59.4 Å². The van der Waals surface area contributed by atoms with E-state index >= 15 is 0 Å². The van der Waals surface area contributed by atoms with Crippen LogP contribution in [0.1, 0.15) is 23.2 Å². The number of fused-ring (bicyclic) bond motifs is 1. The maximum Gasteiger partial charge on any atom is 0.277 e. The summed E-state index contributed by atoms with van der Waals surface area (Å²) in [6, 6.07) is 16.9. The molecule has 164 valence electrons. The average Bonchev–Trinajstić information content (AvgIpc) is 3.22. The fraction of sp³-hybridized carbons (Fsp3) is 0.217. The molecule has 1 amide bonds. The lowest BCUT2D eigenvalue weighted by molar-refractivity contribution is -0.116. The fourth-order valence-corrected chi connectivity index (χ4v) is 3.34. The minimum absolute atomic E-state index is 0.156. The van der Waals surface area contributed by atoms with Crippen LogP contribution in [0.2, 0.25) is 0 Å². The first-order chi connectivity index (χ1) is 15.5. The van der Waals surface area contributed by atoms with Gasteiger partial charge in [0.2, 0.25) is 11.9 Å². The maximum absolute atomic E-state index is 13.0. The van der Waals surface area contributed by atoms with Crippen LogP contribution in [0.25, 0.3) is 5.78 Å². The number of benzene rings is 2. The number of carbonyl (C=O) groups is 1. The van der Waals surface area contributed by atoms with Crippen molar-refractivity contribution in [2.24, 2.45) is 0 Å². The van der Waals surface area contributed by atoms with Gasteiger partial charge < -0.3 is 15.4 Å². The molecule has 2 aromatic heterocycles. The maximum atomic E-state index is 13.0. The number of hydrogen-bond donors (Lipinski definition) is 3. The van der Waals surface area contributed by atoms with Gasteiger partial charge in [-0.05, 0) is 43.2 Å². The normalized spacial score (nSPS) is 10.8. The van der Waals surface area contributed by atoms with Gasteiger partial charge in [-0.1, -0.05) is 30.3 Å². The van der Waals surface area contributed by atoms with E-state index in [1.807, 2.05) is 30.3 Å². The fourth-order valence-electron chi connectivity index (χ4n) is 3.34. The molecule has 3 N–H and O–H groups in total. The Bertz CT molecular complexity index is 1280. The number of aryl methyl sites for hydroxylation is 1. The van der Waals surface area contributed by atoms with Crippen molar-refractivity contribution >= 4 is 23.3 Å². The summed E-state index contributed by atoms with van der Waals surface area (Å²) in [5.41, 5.74) is 2.54. The highest BCUT2D eigenvalue weighted by molar-refractivity contribution is 5.90.